The quantitative estimate of drug-likeness (QED) is 0.726. The summed E-state index contributed by atoms with van der Waals surface area (Å²) in [7, 11) is 1.39. The zero-order chi connectivity index (χ0) is 17.0. The topological polar surface area (TPSA) is 55.8 Å². The molecule has 0 N–H and O–H groups in total. The molecule has 1 heterocycles. The van der Waals surface area contributed by atoms with Crippen molar-refractivity contribution in [1.82, 2.24) is 4.90 Å². The Bertz CT molecular complexity index is 423. The summed E-state index contributed by atoms with van der Waals surface area (Å²) in [5, 5.41) is 0. The molecule has 0 unspecified atom stereocenters. The van der Waals surface area contributed by atoms with E-state index in [1.165, 1.54) is 39.2 Å². The number of carbonyl (C=O) groups excluding carboxylic acids is 2. The molecule has 0 aromatic heterocycles. The maximum atomic E-state index is 12.4. The van der Waals surface area contributed by atoms with Gasteiger partial charge >= 0.3 is 12.1 Å². The number of esters is 1. The lowest BCUT2D eigenvalue weighted by molar-refractivity contribution is -0.149. The number of rotatable bonds is 2. The minimum Gasteiger partial charge on any atom is -0.467 e. The zero-order valence-electron chi connectivity index (χ0n) is 15.0. The Kier molecular flexibility index (Phi) is 5.93. The van der Waals surface area contributed by atoms with Gasteiger partial charge in [-0.2, -0.15) is 0 Å². The van der Waals surface area contributed by atoms with Gasteiger partial charge in [0.25, 0.3) is 0 Å². The summed E-state index contributed by atoms with van der Waals surface area (Å²) in [5.41, 5.74) is -0.558. The number of amides is 1. The molecule has 1 aliphatic carbocycles. The van der Waals surface area contributed by atoms with Gasteiger partial charge < -0.3 is 9.47 Å². The van der Waals surface area contributed by atoms with Gasteiger partial charge in [-0.1, -0.05) is 32.1 Å². The zero-order valence-corrected chi connectivity index (χ0v) is 15.0. The maximum absolute atomic E-state index is 12.4. The molecule has 1 saturated heterocycles. The van der Waals surface area contributed by atoms with Crippen molar-refractivity contribution in [2.45, 2.75) is 77.4 Å². The Morgan fingerprint density at radius 3 is 2.22 bits per heavy atom. The molecule has 0 aromatic carbocycles. The van der Waals surface area contributed by atoms with E-state index in [1.54, 1.807) is 4.90 Å². The maximum Gasteiger partial charge on any atom is 0.411 e. The second-order valence-electron chi connectivity index (χ2n) is 7.90. The standard InChI is InChI=1S/C18H31NO4/c1-18(2,3)23-17(21)19-11-10-14(12-15(19)16(20)22-4)13-8-6-5-7-9-13/h13-15H,5-12H2,1-4H3/t14-,15-/m1/s1. The van der Waals surface area contributed by atoms with Crippen LogP contribution in [0.25, 0.3) is 0 Å². The van der Waals surface area contributed by atoms with E-state index in [-0.39, 0.29) is 5.97 Å². The van der Waals surface area contributed by atoms with Crippen LogP contribution in [0.4, 0.5) is 4.79 Å². The summed E-state index contributed by atoms with van der Waals surface area (Å²) in [5.74, 6) is 0.881. The molecule has 2 fully saturated rings. The predicted molar refractivity (Wildman–Crippen MR) is 88.0 cm³/mol. The van der Waals surface area contributed by atoms with Gasteiger partial charge in [0.15, 0.2) is 0 Å². The molecule has 5 nitrogen and oxygen atoms in total. The van der Waals surface area contributed by atoms with E-state index in [2.05, 4.69) is 0 Å². The molecule has 1 saturated carbocycles. The van der Waals surface area contributed by atoms with Crippen LogP contribution < -0.4 is 0 Å². The molecule has 2 rings (SSSR count). The van der Waals surface area contributed by atoms with Crippen LogP contribution >= 0.6 is 0 Å². The molecule has 1 amide bonds. The van der Waals surface area contributed by atoms with Gasteiger partial charge in [0.2, 0.25) is 0 Å². The van der Waals surface area contributed by atoms with Crippen LogP contribution in [0.3, 0.4) is 0 Å². The Balaban J connectivity index is 2.05. The fourth-order valence-electron chi connectivity index (χ4n) is 3.92. The van der Waals surface area contributed by atoms with E-state index >= 15 is 0 Å². The minimum absolute atomic E-state index is 0.323. The minimum atomic E-state index is -0.558. The normalized spacial score (nSPS) is 26.7. The van der Waals surface area contributed by atoms with Gasteiger partial charge in [0.05, 0.1) is 7.11 Å². The summed E-state index contributed by atoms with van der Waals surface area (Å²) >= 11 is 0. The number of carbonyl (C=O) groups is 2. The van der Waals surface area contributed by atoms with Crippen molar-refractivity contribution in [3.8, 4) is 0 Å². The van der Waals surface area contributed by atoms with Crippen molar-refractivity contribution in [2.75, 3.05) is 13.7 Å². The highest BCUT2D eigenvalue weighted by molar-refractivity contribution is 5.81. The van der Waals surface area contributed by atoms with Crippen LogP contribution in [-0.2, 0) is 14.3 Å². The first-order chi connectivity index (χ1) is 10.8. The van der Waals surface area contributed by atoms with E-state index in [0.29, 0.717) is 24.8 Å². The van der Waals surface area contributed by atoms with E-state index in [4.69, 9.17) is 9.47 Å². The number of ether oxygens (including phenoxy) is 2. The van der Waals surface area contributed by atoms with Crippen molar-refractivity contribution in [1.29, 1.82) is 0 Å². The van der Waals surface area contributed by atoms with Gasteiger partial charge in [0, 0.05) is 6.54 Å². The van der Waals surface area contributed by atoms with Crippen LogP contribution in [0.2, 0.25) is 0 Å². The molecule has 0 aromatic rings. The summed E-state index contributed by atoms with van der Waals surface area (Å²) < 4.78 is 10.4. The Hall–Kier alpha value is -1.26. The molecule has 23 heavy (non-hydrogen) atoms. The Morgan fingerprint density at radius 1 is 1.00 bits per heavy atom. The molecule has 2 aliphatic rings. The molecule has 0 spiro atoms. The molecule has 0 radical (unpaired) electrons. The summed E-state index contributed by atoms with van der Waals surface area (Å²) in [6.45, 7) is 6.10. The van der Waals surface area contributed by atoms with Crippen LogP contribution in [0.1, 0.15) is 65.7 Å². The Morgan fingerprint density at radius 2 is 1.65 bits per heavy atom. The van der Waals surface area contributed by atoms with Gasteiger partial charge in [-0.15, -0.1) is 0 Å². The third kappa shape index (κ3) is 4.85. The smallest absolute Gasteiger partial charge is 0.411 e. The van der Waals surface area contributed by atoms with Gasteiger partial charge in [-0.25, -0.2) is 9.59 Å². The average molecular weight is 325 g/mol. The molecule has 0 bridgehead atoms. The molecular weight excluding hydrogens is 294 g/mol. The van der Waals surface area contributed by atoms with Crippen LogP contribution in [-0.4, -0.2) is 42.3 Å². The molecule has 132 valence electrons. The van der Waals surface area contributed by atoms with E-state index < -0.39 is 17.7 Å². The first-order valence-corrected chi connectivity index (χ1v) is 8.89. The highest BCUT2D eigenvalue weighted by atomic mass is 16.6. The largest absolute Gasteiger partial charge is 0.467 e. The first-order valence-electron chi connectivity index (χ1n) is 8.89. The van der Waals surface area contributed by atoms with Crippen molar-refractivity contribution >= 4 is 12.1 Å². The second kappa shape index (κ2) is 7.54. The lowest BCUT2D eigenvalue weighted by Crippen LogP contribution is -2.52. The lowest BCUT2D eigenvalue weighted by atomic mass is 9.74. The average Bonchev–Trinajstić information content (AvgIpc) is 2.52. The monoisotopic (exact) mass is 325 g/mol. The van der Waals surface area contributed by atoms with E-state index in [0.717, 1.165) is 6.42 Å². The van der Waals surface area contributed by atoms with Crippen molar-refractivity contribution < 1.29 is 19.1 Å². The molecule has 1 aliphatic heterocycles. The van der Waals surface area contributed by atoms with Crippen molar-refractivity contribution in [3.63, 3.8) is 0 Å². The lowest BCUT2D eigenvalue weighted by Gasteiger charge is -2.41. The Labute approximate surface area is 139 Å². The van der Waals surface area contributed by atoms with E-state index in [1.807, 2.05) is 20.8 Å². The number of nitrogens with zero attached hydrogens (tertiary/aromatic N) is 1. The highest BCUT2D eigenvalue weighted by Gasteiger charge is 2.41. The highest BCUT2D eigenvalue weighted by Crippen LogP contribution is 2.38. The number of hydrogen-bond acceptors (Lipinski definition) is 4. The van der Waals surface area contributed by atoms with Crippen molar-refractivity contribution in [3.05, 3.63) is 0 Å². The fraction of sp³-hybridized carbons (Fsp3) is 0.889. The summed E-state index contributed by atoms with van der Waals surface area (Å²) in [4.78, 5) is 26.2. The van der Waals surface area contributed by atoms with Gasteiger partial charge in [-0.3, -0.25) is 4.90 Å². The van der Waals surface area contributed by atoms with Gasteiger partial charge in [-0.05, 0) is 45.4 Å². The van der Waals surface area contributed by atoms with Gasteiger partial charge in [0.1, 0.15) is 11.6 Å². The van der Waals surface area contributed by atoms with Crippen LogP contribution in [0, 0.1) is 11.8 Å². The van der Waals surface area contributed by atoms with E-state index in [9.17, 15) is 9.59 Å². The third-order valence-corrected chi connectivity index (χ3v) is 5.06. The molecule has 2 atom stereocenters. The summed E-state index contributed by atoms with van der Waals surface area (Å²) in [6.07, 6.45) is 7.67. The first kappa shape index (κ1) is 18.1. The number of methoxy groups -OCH3 is 1. The van der Waals surface area contributed by atoms with Crippen molar-refractivity contribution in [2.24, 2.45) is 11.8 Å². The number of hydrogen-bond donors (Lipinski definition) is 0. The third-order valence-electron chi connectivity index (χ3n) is 5.06. The second-order valence-corrected chi connectivity index (χ2v) is 7.90. The summed E-state index contributed by atoms with van der Waals surface area (Å²) in [6, 6.07) is -0.504. The predicted octanol–water partition coefficient (Wildman–Crippen LogP) is 3.76. The number of likely N-dealkylation sites (tertiary alicyclic amines) is 1. The number of piperidine rings is 1. The van der Waals surface area contributed by atoms with Crippen LogP contribution in [0.15, 0.2) is 0 Å². The van der Waals surface area contributed by atoms with Crippen LogP contribution in [0.5, 0.6) is 0 Å². The molecule has 5 heteroatoms. The molecular formula is C18H31NO4. The SMILES string of the molecule is COC(=O)[C@H]1C[C@H](C2CCCCC2)CCN1C(=O)OC(C)(C)C. The fourth-order valence-corrected chi connectivity index (χ4v) is 3.92.